The fourth-order valence-corrected chi connectivity index (χ4v) is 2.35. The van der Waals surface area contributed by atoms with Gasteiger partial charge in [0.1, 0.15) is 0 Å². The second-order valence-electron chi connectivity index (χ2n) is 6.62. The van der Waals surface area contributed by atoms with E-state index in [1.807, 2.05) is 11.9 Å². The molecule has 0 bridgehead atoms. The number of hydrogen-bond acceptors (Lipinski definition) is 2. The third-order valence-electron chi connectivity index (χ3n) is 3.49. The van der Waals surface area contributed by atoms with E-state index in [0.29, 0.717) is 0 Å². The summed E-state index contributed by atoms with van der Waals surface area (Å²) in [5, 5.41) is 3.16. The fraction of sp³-hybridized carbons (Fsp3) is 0.923. The van der Waals surface area contributed by atoms with Gasteiger partial charge in [0.05, 0.1) is 6.04 Å². The Kier molecular flexibility index (Phi) is 3.68. The Labute approximate surface area is 99.6 Å². The minimum atomic E-state index is -0.0768. The first-order valence-electron chi connectivity index (χ1n) is 6.16. The minimum absolute atomic E-state index is 0.0308. The van der Waals surface area contributed by atoms with Crippen LogP contribution in [0.5, 0.6) is 0 Å². The molecule has 0 spiro atoms. The molecular formula is C13H26N2O. The second kappa shape index (κ2) is 4.36. The maximum atomic E-state index is 12.4. The second-order valence-corrected chi connectivity index (χ2v) is 6.62. The van der Waals surface area contributed by atoms with Crippen molar-refractivity contribution in [1.82, 2.24) is 10.2 Å². The van der Waals surface area contributed by atoms with E-state index in [2.05, 4.69) is 39.9 Å². The lowest BCUT2D eigenvalue weighted by atomic mass is 9.83. The molecule has 0 aliphatic carbocycles. The molecule has 16 heavy (non-hydrogen) atoms. The molecule has 3 nitrogen and oxygen atoms in total. The molecule has 0 aromatic heterocycles. The zero-order chi connectivity index (χ0) is 12.6. The van der Waals surface area contributed by atoms with Crippen LogP contribution in [0.4, 0.5) is 0 Å². The van der Waals surface area contributed by atoms with Crippen molar-refractivity contribution in [2.24, 2.45) is 5.41 Å². The summed E-state index contributed by atoms with van der Waals surface area (Å²) in [5.74, 6) is 0.251. The summed E-state index contributed by atoms with van der Waals surface area (Å²) in [5.41, 5.74) is 0.163. The average Bonchev–Trinajstić information content (AvgIpc) is 2.22. The number of rotatable bonds is 1. The van der Waals surface area contributed by atoms with Gasteiger partial charge >= 0.3 is 0 Å². The van der Waals surface area contributed by atoms with Gasteiger partial charge in [0.25, 0.3) is 0 Å². The van der Waals surface area contributed by atoms with Crippen molar-refractivity contribution in [3.8, 4) is 0 Å². The van der Waals surface area contributed by atoms with Crippen molar-refractivity contribution in [1.29, 1.82) is 0 Å². The predicted octanol–water partition coefficient (Wildman–Crippen LogP) is 2.02. The number of likely N-dealkylation sites (tertiary alicyclic amines) is 1. The molecular weight excluding hydrogens is 200 g/mol. The molecule has 1 N–H and O–H groups in total. The highest BCUT2D eigenvalue weighted by atomic mass is 16.2. The summed E-state index contributed by atoms with van der Waals surface area (Å²) < 4.78 is 0. The van der Waals surface area contributed by atoms with Crippen molar-refractivity contribution in [2.45, 2.75) is 59.0 Å². The van der Waals surface area contributed by atoms with Crippen molar-refractivity contribution >= 4 is 5.91 Å². The Bertz CT molecular complexity index is 266. The first-order valence-corrected chi connectivity index (χ1v) is 6.16. The van der Waals surface area contributed by atoms with Crippen molar-refractivity contribution in [3.05, 3.63) is 0 Å². The first-order chi connectivity index (χ1) is 7.17. The number of nitrogens with one attached hydrogen (secondary N) is 1. The molecule has 1 heterocycles. The van der Waals surface area contributed by atoms with E-state index < -0.39 is 0 Å². The quantitative estimate of drug-likeness (QED) is 0.742. The van der Waals surface area contributed by atoms with Gasteiger partial charge in [-0.3, -0.25) is 4.79 Å². The minimum Gasteiger partial charge on any atom is -0.336 e. The van der Waals surface area contributed by atoms with E-state index >= 15 is 0 Å². The zero-order valence-corrected chi connectivity index (χ0v) is 11.6. The van der Waals surface area contributed by atoms with Crippen LogP contribution in [-0.2, 0) is 4.79 Å². The molecule has 0 saturated carbocycles. The SMILES string of the molecule is CNC1CC(C)(C)CCN(C(C)(C)C)C1=O. The Balaban J connectivity index is 2.94. The topological polar surface area (TPSA) is 32.3 Å². The van der Waals surface area contributed by atoms with Crippen molar-refractivity contribution in [3.63, 3.8) is 0 Å². The normalized spacial score (nSPS) is 26.8. The summed E-state index contributed by atoms with van der Waals surface area (Å²) in [6.07, 6.45) is 2.00. The van der Waals surface area contributed by atoms with E-state index in [9.17, 15) is 4.79 Å². The lowest BCUT2D eigenvalue weighted by Gasteiger charge is -2.36. The van der Waals surface area contributed by atoms with E-state index in [0.717, 1.165) is 19.4 Å². The monoisotopic (exact) mass is 226 g/mol. The van der Waals surface area contributed by atoms with Crippen LogP contribution >= 0.6 is 0 Å². The van der Waals surface area contributed by atoms with Gasteiger partial charge in [-0.25, -0.2) is 0 Å². The number of hydrogen-bond donors (Lipinski definition) is 1. The van der Waals surface area contributed by atoms with E-state index in [1.165, 1.54) is 0 Å². The summed E-state index contributed by atoms with van der Waals surface area (Å²) in [4.78, 5) is 14.4. The van der Waals surface area contributed by atoms with Crippen LogP contribution in [0, 0.1) is 5.41 Å². The van der Waals surface area contributed by atoms with Gasteiger partial charge in [-0.15, -0.1) is 0 Å². The number of likely N-dealkylation sites (N-methyl/N-ethyl adjacent to an activating group) is 1. The maximum Gasteiger partial charge on any atom is 0.240 e. The molecule has 1 fully saturated rings. The fourth-order valence-electron chi connectivity index (χ4n) is 2.35. The molecule has 1 aliphatic rings. The molecule has 1 atom stereocenters. The number of carbonyl (C=O) groups is 1. The van der Waals surface area contributed by atoms with Crippen LogP contribution in [0.3, 0.4) is 0 Å². The Morgan fingerprint density at radius 3 is 2.38 bits per heavy atom. The van der Waals surface area contributed by atoms with Crippen LogP contribution in [0.1, 0.15) is 47.5 Å². The number of carbonyl (C=O) groups excluding carboxylic acids is 1. The standard InChI is InChI=1S/C13H26N2O/c1-12(2,3)15-8-7-13(4,5)9-10(14-6)11(15)16/h10,14H,7-9H2,1-6H3. The van der Waals surface area contributed by atoms with Crippen LogP contribution in [0.15, 0.2) is 0 Å². The molecule has 1 aliphatic heterocycles. The van der Waals surface area contributed by atoms with Gasteiger partial charge in [0.2, 0.25) is 5.91 Å². The van der Waals surface area contributed by atoms with Crippen molar-refractivity contribution in [2.75, 3.05) is 13.6 Å². The van der Waals surface area contributed by atoms with Crippen LogP contribution in [-0.4, -0.2) is 36.0 Å². The predicted molar refractivity (Wildman–Crippen MR) is 67.3 cm³/mol. The highest BCUT2D eigenvalue weighted by Gasteiger charge is 2.38. The average molecular weight is 226 g/mol. The number of nitrogens with zero attached hydrogens (tertiary/aromatic N) is 1. The van der Waals surface area contributed by atoms with Crippen LogP contribution in [0.2, 0.25) is 0 Å². The Morgan fingerprint density at radius 2 is 1.94 bits per heavy atom. The van der Waals surface area contributed by atoms with Gasteiger partial charge in [-0.1, -0.05) is 13.8 Å². The maximum absolute atomic E-state index is 12.4. The lowest BCUT2D eigenvalue weighted by molar-refractivity contribution is -0.137. The lowest BCUT2D eigenvalue weighted by Crippen LogP contribution is -2.52. The summed E-state index contributed by atoms with van der Waals surface area (Å²) in [6.45, 7) is 11.7. The third kappa shape index (κ3) is 2.97. The smallest absolute Gasteiger partial charge is 0.240 e. The summed E-state index contributed by atoms with van der Waals surface area (Å²) in [6, 6.07) is -0.0308. The Hall–Kier alpha value is -0.570. The van der Waals surface area contributed by atoms with E-state index in [4.69, 9.17) is 0 Å². The highest BCUT2D eigenvalue weighted by molar-refractivity contribution is 5.82. The third-order valence-corrected chi connectivity index (χ3v) is 3.49. The van der Waals surface area contributed by atoms with Gasteiger partial charge in [-0.05, 0) is 46.1 Å². The summed E-state index contributed by atoms with van der Waals surface area (Å²) >= 11 is 0. The molecule has 1 saturated heterocycles. The first kappa shape index (κ1) is 13.5. The molecule has 0 aromatic rings. The van der Waals surface area contributed by atoms with Crippen LogP contribution < -0.4 is 5.32 Å². The van der Waals surface area contributed by atoms with Gasteiger partial charge in [0, 0.05) is 12.1 Å². The molecule has 0 radical (unpaired) electrons. The van der Waals surface area contributed by atoms with E-state index in [-0.39, 0.29) is 22.9 Å². The molecule has 1 amide bonds. The van der Waals surface area contributed by atoms with Gasteiger partial charge in [0.15, 0.2) is 0 Å². The Morgan fingerprint density at radius 1 is 1.38 bits per heavy atom. The molecule has 3 heteroatoms. The largest absolute Gasteiger partial charge is 0.336 e. The summed E-state index contributed by atoms with van der Waals surface area (Å²) in [7, 11) is 1.88. The van der Waals surface area contributed by atoms with Crippen molar-refractivity contribution < 1.29 is 4.79 Å². The molecule has 1 unspecified atom stereocenters. The van der Waals surface area contributed by atoms with Gasteiger partial charge < -0.3 is 10.2 Å². The number of amides is 1. The highest BCUT2D eigenvalue weighted by Crippen LogP contribution is 2.32. The molecule has 94 valence electrons. The molecule has 0 aromatic carbocycles. The van der Waals surface area contributed by atoms with Crippen LogP contribution in [0.25, 0.3) is 0 Å². The van der Waals surface area contributed by atoms with E-state index in [1.54, 1.807) is 0 Å². The zero-order valence-electron chi connectivity index (χ0n) is 11.6. The molecule has 1 rings (SSSR count). The van der Waals surface area contributed by atoms with Gasteiger partial charge in [-0.2, -0.15) is 0 Å².